The van der Waals surface area contributed by atoms with E-state index >= 15 is 0 Å². The van der Waals surface area contributed by atoms with Crippen molar-refractivity contribution in [3.05, 3.63) is 58.1 Å². The highest BCUT2D eigenvalue weighted by Crippen LogP contribution is 2.25. The van der Waals surface area contributed by atoms with Crippen LogP contribution in [0.15, 0.2) is 50.5 Å². The van der Waals surface area contributed by atoms with Crippen LogP contribution in [-0.4, -0.2) is 19.0 Å². The van der Waals surface area contributed by atoms with E-state index in [-0.39, 0.29) is 16.1 Å². The summed E-state index contributed by atoms with van der Waals surface area (Å²) in [6.45, 7) is 8.11. The average molecular weight is 390 g/mol. The van der Waals surface area contributed by atoms with E-state index in [1.54, 1.807) is 12.1 Å². The second kappa shape index (κ2) is 6.86. The highest BCUT2D eigenvalue weighted by molar-refractivity contribution is 7.92. The summed E-state index contributed by atoms with van der Waals surface area (Å²) in [5.74, 6) is -0.630. The normalized spacial score (nSPS) is 12.4. The van der Waals surface area contributed by atoms with E-state index in [1.165, 1.54) is 18.2 Å². The van der Waals surface area contributed by atoms with E-state index in [9.17, 15) is 13.2 Å². The molecule has 0 amide bonds. The molecule has 3 rings (SSSR count). The predicted octanol–water partition coefficient (Wildman–Crippen LogP) is 3.55. The van der Waals surface area contributed by atoms with Crippen molar-refractivity contribution in [2.45, 2.75) is 44.8 Å². The summed E-state index contributed by atoms with van der Waals surface area (Å²) in [6, 6.07) is 9.60. The highest BCUT2D eigenvalue weighted by atomic mass is 32.2. The van der Waals surface area contributed by atoms with Gasteiger partial charge in [0.25, 0.3) is 10.0 Å². The first-order valence-electron chi connectivity index (χ1n) is 8.43. The minimum atomic E-state index is -3.84. The van der Waals surface area contributed by atoms with E-state index in [2.05, 4.69) is 9.71 Å². The van der Waals surface area contributed by atoms with Gasteiger partial charge < -0.3 is 9.15 Å². The number of rotatable bonds is 5. The van der Waals surface area contributed by atoms with Crippen LogP contribution in [0.4, 0.5) is 5.69 Å². The maximum Gasteiger partial charge on any atom is 0.417 e. The minimum absolute atomic E-state index is 0.00787. The van der Waals surface area contributed by atoms with E-state index in [1.807, 2.05) is 33.8 Å². The zero-order chi connectivity index (χ0) is 19.8. The van der Waals surface area contributed by atoms with Gasteiger partial charge in [0.2, 0.25) is 0 Å². The number of aromatic amines is 1. The quantitative estimate of drug-likeness (QED) is 0.694. The molecular formula is C19H22N2O5S. The number of nitrogens with one attached hydrogen (secondary N) is 2. The third kappa shape index (κ3) is 4.40. The van der Waals surface area contributed by atoms with Gasteiger partial charge in [-0.25, -0.2) is 13.2 Å². The molecular weight excluding hydrogens is 368 g/mol. The molecule has 0 bridgehead atoms. The van der Waals surface area contributed by atoms with Gasteiger partial charge in [0, 0.05) is 6.07 Å². The number of anilines is 1. The summed E-state index contributed by atoms with van der Waals surface area (Å²) in [6.07, 6.45) is 0. The Morgan fingerprint density at radius 1 is 1.19 bits per heavy atom. The first-order valence-corrected chi connectivity index (χ1v) is 9.92. The lowest BCUT2D eigenvalue weighted by molar-refractivity contribution is -0.0151. The van der Waals surface area contributed by atoms with Crippen molar-refractivity contribution >= 4 is 26.8 Å². The summed E-state index contributed by atoms with van der Waals surface area (Å²) < 4.78 is 38.9. The third-order valence-corrected chi connectivity index (χ3v) is 5.42. The Hall–Kier alpha value is -2.58. The molecule has 0 saturated heterocycles. The van der Waals surface area contributed by atoms with Crippen LogP contribution in [0.2, 0.25) is 0 Å². The van der Waals surface area contributed by atoms with Gasteiger partial charge in [-0.2, -0.15) is 0 Å². The van der Waals surface area contributed by atoms with Crippen molar-refractivity contribution in [3.8, 4) is 0 Å². The van der Waals surface area contributed by atoms with Crippen LogP contribution in [-0.2, 0) is 21.4 Å². The monoisotopic (exact) mass is 390 g/mol. The molecule has 2 aromatic carbocycles. The Kier molecular flexibility index (Phi) is 4.88. The second-order valence-electron chi connectivity index (χ2n) is 7.27. The van der Waals surface area contributed by atoms with Crippen molar-refractivity contribution < 1.29 is 17.6 Å². The summed E-state index contributed by atoms with van der Waals surface area (Å²) in [4.78, 5) is 13.7. The molecule has 1 heterocycles. The molecule has 27 heavy (non-hydrogen) atoms. The van der Waals surface area contributed by atoms with Crippen molar-refractivity contribution in [2.75, 3.05) is 4.72 Å². The highest BCUT2D eigenvalue weighted by Gasteiger charge is 2.18. The van der Waals surface area contributed by atoms with Gasteiger partial charge >= 0.3 is 5.76 Å². The van der Waals surface area contributed by atoms with Crippen LogP contribution in [0.25, 0.3) is 11.1 Å². The molecule has 144 valence electrons. The largest absolute Gasteiger partial charge is 0.417 e. The van der Waals surface area contributed by atoms with Crippen molar-refractivity contribution in [1.29, 1.82) is 0 Å². The smallest absolute Gasteiger partial charge is 0.408 e. The minimum Gasteiger partial charge on any atom is -0.408 e. The van der Waals surface area contributed by atoms with Crippen LogP contribution in [0, 0.1) is 6.92 Å². The number of hydrogen-bond acceptors (Lipinski definition) is 5. The number of sulfonamides is 1. The fourth-order valence-electron chi connectivity index (χ4n) is 2.54. The molecule has 0 saturated carbocycles. The molecule has 8 heteroatoms. The van der Waals surface area contributed by atoms with Gasteiger partial charge in [-0.1, -0.05) is 12.1 Å². The Labute approximate surface area is 157 Å². The molecule has 0 aliphatic carbocycles. The van der Waals surface area contributed by atoms with Crippen LogP contribution in [0.1, 0.15) is 31.9 Å². The Morgan fingerprint density at radius 3 is 2.63 bits per heavy atom. The van der Waals surface area contributed by atoms with Crippen molar-refractivity contribution in [1.82, 2.24) is 4.98 Å². The number of aromatic nitrogens is 1. The van der Waals surface area contributed by atoms with Gasteiger partial charge in [0.05, 0.1) is 28.3 Å². The fraction of sp³-hybridized carbons (Fsp3) is 0.316. The van der Waals surface area contributed by atoms with E-state index in [0.29, 0.717) is 17.8 Å². The zero-order valence-electron chi connectivity index (χ0n) is 15.6. The maximum atomic E-state index is 12.8. The Balaban J connectivity index is 1.89. The molecule has 0 radical (unpaired) electrons. The number of benzene rings is 2. The lowest BCUT2D eigenvalue weighted by Crippen LogP contribution is -2.19. The molecule has 0 aliphatic rings. The third-order valence-electron chi connectivity index (χ3n) is 4.05. The Bertz CT molecular complexity index is 1140. The SMILES string of the molecule is Cc1c(COC(C)(C)C)cccc1NS(=O)(=O)c1ccc2[nH]c(=O)oc2c1. The van der Waals surface area contributed by atoms with Crippen LogP contribution < -0.4 is 10.5 Å². The van der Waals surface area contributed by atoms with Crippen molar-refractivity contribution in [2.24, 2.45) is 0 Å². The summed E-state index contributed by atoms with van der Waals surface area (Å²) >= 11 is 0. The topological polar surface area (TPSA) is 101 Å². The molecule has 7 nitrogen and oxygen atoms in total. The van der Waals surface area contributed by atoms with Gasteiger partial charge in [0.1, 0.15) is 0 Å². The standard InChI is InChI=1S/C19H22N2O5S/c1-12-13(11-25-19(2,3)4)6-5-7-15(12)21-27(23,24)14-8-9-16-17(10-14)26-18(22)20-16/h5-10,21H,11H2,1-4H3,(H,20,22). The number of hydrogen-bond donors (Lipinski definition) is 2. The predicted molar refractivity (Wildman–Crippen MR) is 103 cm³/mol. The van der Waals surface area contributed by atoms with Gasteiger partial charge in [-0.3, -0.25) is 9.71 Å². The molecule has 3 aromatic rings. The van der Waals surface area contributed by atoms with Crippen LogP contribution >= 0.6 is 0 Å². The maximum absolute atomic E-state index is 12.8. The number of H-pyrrole nitrogens is 1. The lowest BCUT2D eigenvalue weighted by atomic mass is 10.1. The number of fused-ring (bicyclic) bond motifs is 1. The zero-order valence-corrected chi connectivity index (χ0v) is 16.4. The van der Waals surface area contributed by atoms with E-state index in [4.69, 9.17) is 9.15 Å². The van der Waals surface area contributed by atoms with E-state index < -0.39 is 15.8 Å². The first kappa shape index (κ1) is 19.2. The van der Waals surface area contributed by atoms with Gasteiger partial charge in [-0.05, 0) is 57.0 Å². The van der Waals surface area contributed by atoms with Crippen molar-refractivity contribution in [3.63, 3.8) is 0 Å². The van der Waals surface area contributed by atoms with Crippen LogP contribution in [0.3, 0.4) is 0 Å². The molecule has 0 atom stereocenters. The number of oxazole rings is 1. The van der Waals surface area contributed by atoms with Gasteiger partial charge in [-0.15, -0.1) is 0 Å². The second-order valence-corrected chi connectivity index (χ2v) is 8.95. The number of ether oxygens (including phenoxy) is 1. The first-order chi connectivity index (χ1) is 12.5. The molecule has 0 aliphatic heterocycles. The fourth-order valence-corrected chi connectivity index (χ4v) is 3.68. The average Bonchev–Trinajstić information content (AvgIpc) is 2.94. The molecule has 2 N–H and O–H groups in total. The summed E-state index contributed by atoms with van der Waals surface area (Å²) in [7, 11) is -3.84. The van der Waals surface area contributed by atoms with Crippen LogP contribution in [0.5, 0.6) is 0 Å². The molecule has 0 spiro atoms. The lowest BCUT2D eigenvalue weighted by Gasteiger charge is -2.21. The van der Waals surface area contributed by atoms with E-state index in [0.717, 1.165) is 11.1 Å². The summed E-state index contributed by atoms with van der Waals surface area (Å²) in [5, 5.41) is 0. The molecule has 0 fully saturated rings. The Morgan fingerprint density at radius 2 is 1.93 bits per heavy atom. The van der Waals surface area contributed by atoms with Gasteiger partial charge in [0.15, 0.2) is 5.58 Å². The summed E-state index contributed by atoms with van der Waals surface area (Å²) in [5.41, 5.74) is 2.50. The molecule has 1 aromatic heterocycles. The molecule has 0 unspecified atom stereocenters.